The zero-order valence-corrected chi connectivity index (χ0v) is 17.0. The summed E-state index contributed by atoms with van der Waals surface area (Å²) in [5.41, 5.74) is 1.26. The van der Waals surface area contributed by atoms with Crippen LogP contribution in [0.4, 0.5) is 4.79 Å². The average Bonchev–Trinajstić information content (AvgIpc) is 2.69. The smallest absolute Gasteiger partial charge is 0.326 e. The minimum Gasteiger partial charge on any atom is -0.481 e. The summed E-state index contributed by atoms with van der Waals surface area (Å²) in [7, 11) is 0. The van der Waals surface area contributed by atoms with E-state index in [0.29, 0.717) is 24.9 Å². The number of carbonyl (C=O) groups excluding carboxylic acids is 2. The standard InChI is InChI=1S/C19H26N4O8/c1-11-8-12(10-20-9-11)16(26)21-7-3-2-4-13(17(27)28)22-19(31)23-14(18(29)30)5-6-15(24)25/h8-10,13-14H,2-7H2,1H3,(H,21,26)(H,24,25)(H,27,28)(H,29,30)(H2,22,23,31). The molecular formula is C19H26N4O8. The molecule has 0 spiro atoms. The van der Waals surface area contributed by atoms with Gasteiger partial charge in [-0.15, -0.1) is 0 Å². The van der Waals surface area contributed by atoms with Gasteiger partial charge in [-0.05, 0) is 44.2 Å². The van der Waals surface area contributed by atoms with Gasteiger partial charge in [0.05, 0.1) is 5.56 Å². The molecular weight excluding hydrogens is 412 g/mol. The van der Waals surface area contributed by atoms with E-state index in [4.69, 9.17) is 10.2 Å². The Morgan fingerprint density at radius 3 is 2.10 bits per heavy atom. The first-order chi connectivity index (χ1) is 14.6. The van der Waals surface area contributed by atoms with Crippen LogP contribution in [0.25, 0.3) is 0 Å². The van der Waals surface area contributed by atoms with Crippen LogP contribution in [-0.4, -0.2) is 68.8 Å². The number of carboxylic acid groups (broad SMARTS) is 3. The van der Waals surface area contributed by atoms with E-state index < -0.39 is 42.4 Å². The first kappa shape index (κ1) is 25.3. The number of carbonyl (C=O) groups is 5. The lowest BCUT2D eigenvalue weighted by Crippen LogP contribution is -2.51. The molecule has 0 radical (unpaired) electrons. The second-order valence-corrected chi connectivity index (χ2v) is 6.83. The lowest BCUT2D eigenvalue weighted by Gasteiger charge is -2.18. The Bertz CT molecular complexity index is 814. The average molecular weight is 438 g/mol. The fraction of sp³-hybridized carbons (Fsp3) is 0.474. The molecule has 1 heterocycles. The number of amides is 3. The van der Waals surface area contributed by atoms with Crippen molar-refractivity contribution < 1.29 is 39.3 Å². The first-order valence-electron chi connectivity index (χ1n) is 9.54. The third-order valence-electron chi connectivity index (χ3n) is 4.20. The highest BCUT2D eigenvalue weighted by molar-refractivity contribution is 5.94. The Hall–Kier alpha value is -3.70. The number of aromatic nitrogens is 1. The lowest BCUT2D eigenvalue weighted by atomic mass is 10.1. The highest BCUT2D eigenvalue weighted by Crippen LogP contribution is 2.04. The van der Waals surface area contributed by atoms with Gasteiger partial charge in [0, 0.05) is 25.4 Å². The SMILES string of the molecule is Cc1cncc(C(=O)NCCCCC(NC(=O)NC(CCC(=O)O)C(=O)O)C(=O)O)c1. The first-order valence-corrected chi connectivity index (χ1v) is 9.54. The number of urea groups is 1. The minimum absolute atomic E-state index is 0.0531. The van der Waals surface area contributed by atoms with E-state index in [1.807, 2.05) is 6.92 Å². The number of aryl methyl sites for hydroxylation is 1. The predicted molar refractivity (Wildman–Crippen MR) is 107 cm³/mol. The van der Waals surface area contributed by atoms with Gasteiger partial charge in [0.1, 0.15) is 12.1 Å². The molecule has 0 aromatic carbocycles. The third kappa shape index (κ3) is 10.1. The van der Waals surface area contributed by atoms with Crippen molar-refractivity contribution >= 4 is 29.8 Å². The van der Waals surface area contributed by atoms with E-state index in [2.05, 4.69) is 20.9 Å². The van der Waals surface area contributed by atoms with Crippen molar-refractivity contribution in [2.24, 2.45) is 0 Å². The number of hydrogen-bond donors (Lipinski definition) is 6. The van der Waals surface area contributed by atoms with Crippen molar-refractivity contribution in [3.8, 4) is 0 Å². The van der Waals surface area contributed by atoms with Crippen LogP contribution in [0.1, 0.15) is 48.0 Å². The zero-order chi connectivity index (χ0) is 23.4. The Balaban J connectivity index is 2.42. The number of hydrogen-bond acceptors (Lipinski definition) is 6. The molecule has 170 valence electrons. The van der Waals surface area contributed by atoms with Gasteiger partial charge in [-0.3, -0.25) is 14.6 Å². The molecule has 0 aliphatic carbocycles. The number of unbranched alkanes of at least 4 members (excludes halogenated alkanes) is 1. The predicted octanol–water partition coefficient (Wildman–Crippen LogP) is 0.361. The van der Waals surface area contributed by atoms with E-state index >= 15 is 0 Å². The molecule has 0 saturated carbocycles. The second kappa shape index (κ2) is 12.8. The van der Waals surface area contributed by atoms with Crippen molar-refractivity contribution in [3.63, 3.8) is 0 Å². The molecule has 1 rings (SSSR count). The summed E-state index contributed by atoms with van der Waals surface area (Å²) in [6.45, 7) is 2.10. The molecule has 2 atom stereocenters. The number of rotatable bonds is 13. The maximum Gasteiger partial charge on any atom is 0.326 e. The summed E-state index contributed by atoms with van der Waals surface area (Å²) in [5.74, 6) is -4.25. The molecule has 1 aromatic heterocycles. The fourth-order valence-corrected chi connectivity index (χ4v) is 2.60. The molecule has 0 saturated heterocycles. The van der Waals surface area contributed by atoms with Gasteiger partial charge in [0.25, 0.3) is 5.91 Å². The molecule has 0 aliphatic heterocycles. The summed E-state index contributed by atoms with van der Waals surface area (Å²) in [5, 5.41) is 33.8. The number of aliphatic carboxylic acids is 3. The van der Waals surface area contributed by atoms with E-state index in [1.54, 1.807) is 12.3 Å². The van der Waals surface area contributed by atoms with Crippen LogP contribution in [0.2, 0.25) is 0 Å². The number of nitrogens with zero attached hydrogens (tertiary/aromatic N) is 1. The van der Waals surface area contributed by atoms with E-state index in [-0.39, 0.29) is 18.7 Å². The van der Waals surface area contributed by atoms with Crippen LogP contribution in [0.3, 0.4) is 0 Å². The number of nitrogens with one attached hydrogen (secondary N) is 3. The quantitative estimate of drug-likeness (QED) is 0.236. The van der Waals surface area contributed by atoms with Gasteiger partial charge in [-0.2, -0.15) is 0 Å². The molecule has 6 N–H and O–H groups in total. The van der Waals surface area contributed by atoms with Gasteiger partial charge in [-0.1, -0.05) is 0 Å². The van der Waals surface area contributed by atoms with Crippen LogP contribution in [-0.2, 0) is 14.4 Å². The Labute approximate surface area is 178 Å². The highest BCUT2D eigenvalue weighted by atomic mass is 16.4. The van der Waals surface area contributed by atoms with Crippen molar-refractivity contribution in [1.29, 1.82) is 0 Å². The fourth-order valence-electron chi connectivity index (χ4n) is 2.60. The molecule has 12 nitrogen and oxygen atoms in total. The number of carboxylic acids is 3. The molecule has 1 aromatic rings. The summed E-state index contributed by atoms with van der Waals surface area (Å²) in [6.07, 6.45) is 3.12. The lowest BCUT2D eigenvalue weighted by molar-refractivity contribution is -0.140. The molecule has 0 fully saturated rings. The van der Waals surface area contributed by atoms with Crippen molar-refractivity contribution in [3.05, 3.63) is 29.6 Å². The van der Waals surface area contributed by atoms with Crippen molar-refractivity contribution in [2.75, 3.05) is 6.54 Å². The van der Waals surface area contributed by atoms with Gasteiger partial charge >= 0.3 is 23.9 Å². The maximum atomic E-state index is 12.0. The molecule has 31 heavy (non-hydrogen) atoms. The summed E-state index contributed by atoms with van der Waals surface area (Å²) < 4.78 is 0. The van der Waals surface area contributed by atoms with Gasteiger partial charge < -0.3 is 31.3 Å². The Kier molecular flexibility index (Phi) is 10.4. The number of pyridine rings is 1. The molecule has 2 unspecified atom stereocenters. The van der Waals surface area contributed by atoms with Gasteiger partial charge in [0.2, 0.25) is 0 Å². The Morgan fingerprint density at radius 2 is 1.55 bits per heavy atom. The monoisotopic (exact) mass is 438 g/mol. The summed E-state index contributed by atoms with van der Waals surface area (Å²) in [4.78, 5) is 60.9. The third-order valence-corrected chi connectivity index (χ3v) is 4.20. The second-order valence-electron chi connectivity index (χ2n) is 6.83. The topological polar surface area (TPSA) is 195 Å². The van der Waals surface area contributed by atoms with Crippen LogP contribution >= 0.6 is 0 Å². The van der Waals surface area contributed by atoms with Gasteiger partial charge in [-0.25, -0.2) is 14.4 Å². The summed E-state index contributed by atoms with van der Waals surface area (Å²) in [6, 6.07) is -2.07. The Morgan fingerprint density at radius 1 is 0.935 bits per heavy atom. The molecule has 0 aliphatic rings. The molecule has 0 bridgehead atoms. The van der Waals surface area contributed by atoms with Crippen LogP contribution < -0.4 is 16.0 Å². The van der Waals surface area contributed by atoms with Crippen molar-refractivity contribution in [2.45, 2.75) is 51.1 Å². The normalized spacial score (nSPS) is 12.3. The van der Waals surface area contributed by atoms with E-state index in [1.165, 1.54) is 6.20 Å². The summed E-state index contributed by atoms with van der Waals surface area (Å²) >= 11 is 0. The maximum absolute atomic E-state index is 12.0. The molecule has 12 heteroatoms. The van der Waals surface area contributed by atoms with E-state index in [9.17, 15) is 29.1 Å². The van der Waals surface area contributed by atoms with Crippen LogP contribution in [0, 0.1) is 6.92 Å². The highest BCUT2D eigenvalue weighted by Gasteiger charge is 2.24. The van der Waals surface area contributed by atoms with Crippen molar-refractivity contribution in [1.82, 2.24) is 20.9 Å². The zero-order valence-electron chi connectivity index (χ0n) is 17.0. The van der Waals surface area contributed by atoms with E-state index in [0.717, 1.165) is 5.56 Å². The van der Waals surface area contributed by atoms with Gasteiger partial charge in [0.15, 0.2) is 0 Å². The largest absolute Gasteiger partial charge is 0.481 e. The van der Waals surface area contributed by atoms with Crippen LogP contribution in [0.5, 0.6) is 0 Å². The molecule has 3 amide bonds. The minimum atomic E-state index is -1.46. The van der Waals surface area contributed by atoms with Crippen LogP contribution in [0.15, 0.2) is 18.5 Å².